The van der Waals surface area contributed by atoms with E-state index in [1.807, 2.05) is 12.1 Å². The van der Waals surface area contributed by atoms with E-state index >= 15 is 0 Å². The molecule has 1 heterocycles. The Morgan fingerprint density at radius 1 is 1.22 bits per heavy atom. The van der Waals surface area contributed by atoms with Gasteiger partial charge in [0.05, 0.1) is 6.10 Å². The molecule has 5 heteroatoms. The van der Waals surface area contributed by atoms with Gasteiger partial charge < -0.3 is 10.8 Å². The molecule has 23 heavy (non-hydrogen) atoms. The van der Waals surface area contributed by atoms with E-state index in [4.69, 9.17) is 28.9 Å². The normalized spacial score (nSPS) is 27.0. The molecule has 1 aliphatic carbocycles. The monoisotopic (exact) mass is 354 g/mol. The fraction of sp³-hybridized carbons (Fsp3) is 0.556. The third-order valence-corrected chi connectivity index (χ3v) is 5.58. The first-order valence-electron chi connectivity index (χ1n) is 8.32. The number of hydrogen-bond acceptors (Lipinski definition) is 3. The van der Waals surface area contributed by atoms with Gasteiger partial charge in [0.15, 0.2) is 0 Å². The lowest BCUT2D eigenvalue weighted by atomic mass is 9.80. The molecular formula is C18H24Cl2N2O. The third-order valence-electron chi connectivity index (χ3n) is 5.02. The van der Waals surface area contributed by atoms with Crippen molar-refractivity contribution in [1.29, 1.82) is 0 Å². The summed E-state index contributed by atoms with van der Waals surface area (Å²) in [5.74, 6) is 0.256. The molecule has 2 unspecified atom stereocenters. The van der Waals surface area contributed by atoms with E-state index in [0.717, 1.165) is 50.9 Å². The number of piperidine rings is 1. The molecule has 0 spiro atoms. The first-order valence-corrected chi connectivity index (χ1v) is 9.07. The lowest BCUT2D eigenvalue weighted by Crippen LogP contribution is -2.39. The number of aliphatic hydroxyl groups is 1. The van der Waals surface area contributed by atoms with E-state index in [2.05, 4.69) is 11.0 Å². The van der Waals surface area contributed by atoms with Crippen molar-refractivity contribution < 1.29 is 5.11 Å². The zero-order valence-corrected chi connectivity index (χ0v) is 14.7. The van der Waals surface area contributed by atoms with Gasteiger partial charge in [-0.05, 0) is 43.4 Å². The average Bonchev–Trinajstić information content (AvgIpc) is 2.51. The van der Waals surface area contributed by atoms with Crippen LogP contribution in [0.15, 0.2) is 29.8 Å². The number of benzene rings is 1. The van der Waals surface area contributed by atoms with Crippen LogP contribution < -0.4 is 5.73 Å². The minimum Gasteiger partial charge on any atom is -0.393 e. The number of likely N-dealkylation sites (tertiary alicyclic amines) is 1. The topological polar surface area (TPSA) is 49.5 Å². The van der Waals surface area contributed by atoms with Gasteiger partial charge >= 0.3 is 0 Å². The number of rotatable bonds is 3. The van der Waals surface area contributed by atoms with Gasteiger partial charge in [-0.1, -0.05) is 40.9 Å². The van der Waals surface area contributed by atoms with E-state index in [1.54, 1.807) is 6.07 Å². The molecule has 0 bridgehead atoms. The van der Waals surface area contributed by atoms with Gasteiger partial charge in [-0.15, -0.1) is 0 Å². The molecule has 1 aromatic carbocycles. The lowest BCUT2D eigenvalue weighted by Gasteiger charge is -2.34. The van der Waals surface area contributed by atoms with Crippen LogP contribution in [0.3, 0.4) is 0 Å². The maximum Gasteiger partial charge on any atom is 0.0564 e. The molecule has 126 valence electrons. The number of aliphatic hydroxyl groups excluding tert-OH is 1. The Hall–Kier alpha value is -0.580. The minimum atomic E-state index is -0.120. The maximum absolute atomic E-state index is 9.60. The number of halogens is 2. The Morgan fingerprint density at radius 2 is 1.96 bits per heavy atom. The molecule has 0 aromatic heterocycles. The summed E-state index contributed by atoms with van der Waals surface area (Å²) in [6, 6.07) is 5.76. The van der Waals surface area contributed by atoms with Crippen LogP contribution in [0.5, 0.6) is 0 Å². The summed E-state index contributed by atoms with van der Waals surface area (Å²) in [6.45, 7) is 2.92. The van der Waals surface area contributed by atoms with Crippen molar-refractivity contribution in [3.8, 4) is 0 Å². The highest BCUT2D eigenvalue weighted by molar-refractivity contribution is 6.35. The van der Waals surface area contributed by atoms with Gasteiger partial charge in [0, 0.05) is 41.6 Å². The summed E-state index contributed by atoms with van der Waals surface area (Å²) in [5.41, 5.74) is 8.95. The van der Waals surface area contributed by atoms with Crippen LogP contribution in [0.25, 0.3) is 0 Å². The number of allylic oxidation sites excluding steroid dienone is 1. The van der Waals surface area contributed by atoms with Crippen molar-refractivity contribution in [2.45, 2.75) is 43.7 Å². The molecule has 1 aromatic rings. The molecule has 2 aliphatic rings. The van der Waals surface area contributed by atoms with Crippen molar-refractivity contribution in [3.05, 3.63) is 45.5 Å². The SMILES string of the molecule is NC1CC(CN2CCC(O)CC2)=CCC1c1ccc(Cl)cc1Cl. The van der Waals surface area contributed by atoms with E-state index in [9.17, 15) is 5.11 Å². The lowest BCUT2D eigenvalue weighted by molar-refractivity contribution is 0.0862. The maximum atomic E-state index is 9.60. The predicted octanol–water partition coefficient (Wildman–Crippen LogP) is 3.58. The van der Waals surface area contributed by atoms with Gasteiger partial charge in [0.25, 0.3) is 0 Å². The molecule has 1 saturated heterocycles. The highest BCUT2D eigenvalue weighted by Gasteiger charge is 2.27. The van der Waals surface area contributed by atoms with Crippen LogP contribution in [0, 0.1) is 0 Å². The average molecular weight is 355 g/mol. The van der Waals surface area contributed by atoms with Gasteiger partial charge in [-0.3, -0.25) is 4.90 Å². The van der Waals surface area contributed by atoms with Crippen molar-refractivity contribution in [2.75, 3.05) is 19.6 Å². The molecule has 0 saturated carbocycles. The number of hydrogen-bond donors (Lipinski definition) is 2. The molecule has 0 radical (unpaired) electrons. The summed E-state index contributed by atoms with van der Waals surface area (Å²) in [5, 5.41) is 11.0. The van der Waals surface area contributed by atoms with Gasteiger partial charge in [-0.2, -0.15) is 0 Å². The number of nitrogens with two attached hydrogens (primary N) is 1. The fourth-order valence-electron chi connectivity index (χ4n) is 3.65. The van der Waals surface area contributed by atoms with E-state index in [-0.39, 0.29) is 18.1 Å². The minimum absolute atomic E-state index is 0.0871. The van der Waals surface area contributed by atoms with Crippen molar-refractivity contribution in [2.24, 2.45) is 5.73 Å². The van der Waals surface area contributed by atoms with Gasteiger partial charge in [0.2, 0.25) is 0 Å². The van der Waals surface area contributed by atoms with Crippen molar-refractivity contribution in [3.63, 3.8) is 0 Å². The second-order valence-electron chi connectivity index (χ2n) is 6.75. The Labute approximate surface area is 148 Å². The highest BCUT2D eigenvalue weighted by Crippen LogP contribution is 2.36. The van der Waals surface area contributed by atoms with Crippen LogP contribution in [0.2, 0.25) is 10.0 Å². The van der Waals surface area contributed by atoms with Crippen LogP contribution in [-0.4, -0.2) is 41.8 Å². The molecule has 1 aliphatic heterocycles. The van der Waals surface area contributed by atoms with E-state index in [0.29, 0.717) is 10.0 Å². The second-order valence-corrected chi connectivity index (χ2v) is 7.59. The van der Waals surface area contributed by atoms with Crippen LogP contribution in [-0.2, 0) is 0 Å². The summed E-state index contributed by atoms with van der Waals surface area (Å²) < 4.78 is 0. The summed E-state index contributed by atoms with van der Waals surface area (Å²) in [6.07, 6.45) is 5.79. The highest BCUT2D eigenvalue weighted by atomic mass is 35.5. The molecule has 1 fully saturated rings. The molecule has 0 amide bonds. The smallest absolute Gasteiger partial charge is 0.0564 e. The fourth-order valence-corrected chi connectivity index (χ4v) is 4.20. The Balaban J connectivity index is 1.64. The quantitative estimate of drug-likeness (QED) is 0.815. The third kappa shape index (κ3) is 4.28. The van der Waals surface area contributed by atoms with Crippen molar-refractivity contribution >= 4 is 23.2 Å². The summed E-state index contributed by atoms with van der Waals surface area (Å²) in [4.78, 5) is 2.42. The van der Waals surface area contributed by atoms with Crippen LogP contribution in [0.1, 0.15) is 37.2 Å². The van der Waals surface area contributed by atoms with Gasteiger partial charge in [0.1, 0.15) is 0 Å². The number of nitrogens with zero attached hydrogens (tertiary/aromatic N) is 1. The standard InChI is InChI=1S/C18H24Cl2N2O/c19-13-2-4-15(17(20)10-13)16-3-1-12(9-18(16)21)11-22-7-5-14(23)6-8-22/h1-2,4,10,14,16,18,23H,3,5-9,11,21H2. The second kappa shape index (κ2) is 7.54. The Morgan fingerprint density at radius 3 is 2.61 bits per heavy atom. The van der Waals surface area contributed by atoms with E-state index in [1.165, 1.54) is 5.57 Å². The molecule has 3 rings (SSSR count). The van der Waals surface area contributed by atoms with Crippen LogP contribution in [0.4, 0.5) is 0 Å². The predicted molar refractivity (Wildman–Crippen MR) is 96.2 cm³/mol. The molecule has 3 nitrogen and oxygen atoms in total. The first kappa shape index (κ1) is 17.2. The summed E-state index contributed by atoms with van der Waals surface area (Å²) >= 11 is 12.3. The van der Waals surface area contributed by atoms with Crippen LogP contribution >= 0.6 is 23.2 Å². The van der Waals surface area contributed by atoms with E-state index < -0.39 is 0 Å². The Bertz CT molecular complexity index is 582. The largest absolute Gasteiger partial charge is 0.393 e. The zero-order valence-electron chi connectivity index (χ0n) is 13.2. The summed E-state index contributed by atoms with van der Waals surface area (Å²) in [7, 11) is 0. The van der Waals surface area contributed by atoms with Crippen molar-refractivity contribution in [1.82, 2.24) is 4.90 Å². The van der Waals surface area contributed by atoms with Gasteiger partial charge in [-0.25, -0.2) is 0 Å². The molecular weight excluding hydrogens is 331 g/mol. The zero-order chi connectivity index (χ0) is 16.4. The molecule has 2 atom stereocenters. The molecule has 3 N–H and O–H groups in total. The first-order chi connectivity index (χ1) is 11.0. The Kier molecular flexibility index (Phi) is 5.65.